The fourth-order valence-corrected chi connectivity index (χ4v) is 10.0. The van der Waals surface area contributed by atoms with Crippen molar-refractivity contribution in [3.8, 4) is 22.6 Å². The molecule has 2 unspecified atom stereocenters. The third kappa shape index (κ3) is 4.80. The summed E-state index contributed by atoms with van der Waals surface area (Å²) in [6.07, 6.45) is 20.6. The van der Waals surface area contributed by atoms with E-state index in [9.17, 15) is 0 Å². The van der Waals surface area contributed by atoms with Gasteiger partial charge in [0.25, 0.3) is 0 Å². The van der Waals surface area contributed by atoms with E-state index in [4.69, 9.17) is 9.47 Å². The van der Waals surface area contributed by atoms with Crippen molar-refractivity contribution in [1.29, 1.82) is 0 Å². The molecule has 0 amide bonds. The van der Waals surface area contributed by atoms with Crippen molar-refractivity contribution in [1.82, 2.24) is 0 Å². The van der Waals surface area contributed by atoms with Gasteiger partial charge in [-0.15, -0.1) is 0 Å². The van der Waals surface area contributed by atoms with Crippen LogP contribution in [0, 0.1) is 0 Å². The quantitative estimate of drug-likeness (QED) is 0.171. The largest absolute Gasteiger partial charge is 0.487 e. The number of para-hydroxylation sites is 1. The highest BCUT2D eigenvalue weighted by Gasteiger charge is 2.50. The highest BCUT2D eigenvalue weighted by atomic mass is 16.5. The molecule has 0 saturated carbocycles. The molecule has 2 heterocycles. The Balaban J connectivity index is 1.09. The molecule has 54 heavy (non-hydrogen) atoms. The molecule has 3 heteroatoms. The van der Waals surface area contributed by atoms with Crippen molar-refractivity contribution in [3.63, 3.8) is 0 Å². The molecule has 11 rings (SSSR count). The van der Waals surface area contributed by atoms with Crippen LogP contribution in [0.25, 0.3) is 44.3 Å². The van der Waals surface area contributed by atoms with Crippen LogP contribution in [-0.2, 0) is 11.8 Å². The number of rotatable bonds is 4. The lowest BCUT2D eigenvalue weighted by Crippen LogP contribution is -2.58. The summed E-state index contributed by atoms with van der Waals surface area (Å²) in [6.45, 7) is 4.84. The van der Waals surface area contributed by atoms with Gasteiger partial charge in [0.15, 0.2) is 0 Å². The van der Waals surface area contributed by atoms with Crippen LogP contribution in [-0.4, -0.2) is 12.8 Å². The minimum atomic E-state index is -0.164. The van der Waals surface area contributed by atoms with Crippen molar-refractivity contribution in [2.75, 3.05) is 0 Å². The standard InChI is InChI=1S/C51H41BO2/c1-51(2,36-16-4-3-5-17-36)37-26-27-45-43(31-37)52-42-22-12-13-23-44(42)53-46-29-35(30-47(54-45)50(46)52)49-40-20-10-8-18-38(40)48(39-19-9-11-21-41(39)49)34-25-24-32-14-6-7-15-33(32)28-34/h4,6-10,12-20,22-31,47,50H,3,5,11,21H2,1-2H3. The van der Waals surface area contributed by atoms with Crippen LogP contribution in [0.5, 0.6) is 11.5 Å². The van der Waals surface area contributed by atoms with Crippen molar-refractivity contribution < 1.29 is 9.47 Å². The van der Waals surface area contributed by atoms with E-state index >= 15 is 0 Å². The number of hydrogen-bond acceptors (Lipinski definition) is 2. The van der Waals surface area contributed by atoms with Gasteiger partial charge in [0.05, 0.1) is 0 Å². The van der Waals surface area contributed by atoms with Gasteiger partial charge >= 0.3 is 0 Å². The van der Waals surface area contributed by atoms with Crippen molar-refractivity contribution in [2.24, 2.45) is 0 Å². The molecule has 0 bridgehead atoms. The van der Waals surface area contributed by atoms with E-state index in [1.807, 2.05) is 0 Å². The van der Waals surface area contributed by atoms with Gasteiger partial charge in [-0.1, -0.05) is 135 Å². The minimum absolute atomic E-state index is 0.0437. The van der Waals surface area contributed by atoms with Crippen molar-refractivity contribution in [2.45, 2.75) is 56.9 Å². The van der Waals surface area contributed by atoms with Crippen LogP contribution >= 0.6 is 0 Å². The molecule has 0 fully saturated rings. The molecule has 0 saturated heterocycles. The Morgan fingerprint density at radius 3 is 2.35 bits per heavy atom. The monoisotopic (exact) mass is 696 g/mol. The lowest BCUT2D eigenvalue weighted by molar-refractivity contribution is 0.220. The highest BCUT2D eigenvalue weighted by molar-refractivity contribution is 6.88. The zero-order valence-electron chi connectivity index (χ0n) is 30.8. The first-order valence-corrected chi connectivity index (χ1v) is 19.6. The lowest BCUT2D eigenvalue weighted by atomic mass is 9.30. The maximum atomic E-state index is 7.10. The van der Waals surface area contributed by atoms with Gasteiger partial charge < -0.3 is 9.47 Å². The van der Waals surface area contributed by atoms with Crippen LogP contribution in [0.4, 0.5) is 0 Å². The Labute approximate surface area is 317 Å². The summed E-state index contributed by atoms with van der Waals surface area (Å²) in [6, 6.07) is 40.2. The van der Waals surface area contributed by atoms with Crippen LogP contribution in [0.15, 0.2) is 157 Å². The maximum Gasteiger partial charge on any atom is 0.234 e. The number of benzene rings is 6. The smallest absolute Gasteiger partial charge is 0.234 e. The Kier molecular flexibility index (Phi) is 7.11. The summed E-state index contributed by atoms with van der Waals surface area (Å²) >= 11 is 0. The van der Waals surface area contributed by atoms with E-state index in [1.165, 1.54) is 77.0 Å². The SMILES string of the molecule is CC(C)(C1=CCCC=C1)c1ccc2c(c1)B1c3ccccc3OC3=CC(c4c5c(c(-c6ccc7ccccc7c6)c6ccccc46)C=CCC5)=CC(O2)C13. The second-order valence-electron chi connectivity index (χ2n) is 16.1. The molecule has 2 nitrogen and oxygen atoms in total. The van der Waals surface area contributed by atoms with E-state index < -0.39 is 0 Å². The first-order valence-electron chi connectivity index (χ1n) is 19.6. The van der Waals surface area contributed by atoms with Crippen molar-refractivity contribution in [3.05, 3.63) is 179 Å². The second-order valence-corrected chi connectivity index (χ2v) is 16.1. The molecule has 0 N–H and O–H groups in total. The molecule has 3 aliphatic carbocycles. The molecule has 5 aliphatic rings. The van der Waals surface area contributed by atoms with E-state index in [0.29, 0.717) is 0 Å². The summed E-state index contributed by atoms with van der Waals surface area (Å²) in [5, 5.41) is 5.08. The van der Waals surface area contributed by atoms with Gasteiger partial charge in [-0.2, -0.15) is 0 Å². The van der Waals surface area contributed by atoms with Crippen molar-refractivity contribution >= 4 is 50.8 Å². The molecule has 0 radical (unpaired) electrons. The zero-order valence-corrected chi connectivity index (χ0v) is 30.8. The topological polar surface area (TPSA) is 18.5 Å². The molecule has 6 aromatic rings. The number of allylic oxidation sites excluding steroid dienone is 7. The van der Waals surface area contributed by atoms with Gasteiger partial charge in [-0.3, -0.25) is 0 Å². The fourth-order valence-electron chi connectivity index (χ4n) is 10.0. The van der Waals surface area contributed by atoms with Gasteiger partial charge in [0.2, 0.25) is 6.71 Å². The molecule has 0 spiro atoms. The lowest BCUT2D eigenvalue weighted by Gasteiger charge is -2.44. The Hall–Kier alpha value is -5.80. The van der Waals surface area contributed by atoms with Gasteiger partial charge in [0, 0.05) is 11.2 Å². The van der Waals surface area contributed by atoms with E-state index in [1.54, 1.807) is 0 Å². The second kappa shape index (κ2) is 12.1. The van der Waals surface area contributed by atoms with E-state index in [-0.39, 0.29) is 24.0 Å². The Morgan fingerprint density at radius 2 is 1.48 bits per heavy atom. The van der Waals surface area contributed by atoms with Crippen LogP contribution < -0.4 is 20.4 Å². The zero-order chi connectivity index (χ0) is 36.0. The molecule has 260 valence electrons. The normalized spacial score (nSPS) is 19.4. The Bertz CT molecular complexity index is 2720. The van der Waals surface area contributed by atoms with Gasteiger partial charge in [-0.25, -0.2) is 0 Å². The molecular weight excluding hydrogens is 655 g/mol. The molecule has 0 aromatic heterocycles. The molecule has 6 aromatic carbocycles. The van der Waals surface area contributed by atoms with Crippen LogP contribution in [0.2, 0.25) is 5.82 Å². The molecule has 2 aliphatic heterocycles. The average Bonchev–Trinajstić information content (AvgIpc) is 3.22. The summed E-state index contributed by atoms with van der Waals surface area (Å²) in [4.78, 5) is 0. The molecule has 2 atom stereocenters. The van der Waals surface area contributed by atoms with Gasteiger partial charge in [0.1, 0.15) is 23.4 Å². The van der Waals surface area contributed by atoms with Gasteiger partial charge in [-0.05, 0) is 133 Å². The van der Waals surface area contributed by atoms with E-state index in [0.717, 1.165) is 42.9 Å². The third-order valence-electron chi connectivity index (χ3n) is 12.7. The predicted molar refractivity (Wildman–Crippen MR) is 226 cm³/mol. The first kappa shape index (κ1) is 31.7. The third-order valence-corrected chi connectivity index (χ3v) is 12.7. The van der Waals surface area contributed by atoms with Crippen LogP contribution in [0.1, 0.15) is 55.4 Å². The average molecular weight is 697 g/mol. The van der Waals surface area contributed by atoms with E-state index in [2.05, 4.69) is 166 Å². The summed E-state index contributed by atoms with van der Waals surface area (Å²) in [7, 11) is 0. The highest BCUT2D eigenvalue weighted by Crippen LogP contribution is 2.49. The number of ether oxygens (including phenoxy) is 2. The summed E-state index contributed by atoms with van der Waals surface area (Å²) < 4.78 is 14.0. The first-order chi connectivity index (χ1) is 26.5. The van der Waals surface area contributed by atoms with Crippen LogP contribution in [0.3, 0.4) is 0 Å². The maximum absolute atomic E-state index is 7.10. The molecular formula is C51H41BO2. The summed E-state index contributed by atoms with van der Waals surface area (Å²) in [5.41, 5.74) is 12.9. The fraction of sp³-hybridized carbons (Fsp3) is 0.176. The number of fused-ring (bicyclic) bond motifs is 7. The minimum Gasteiger partial charge on any atom is -0.487 e. The Morgan fingerprint density at radius 1 is 0.685 bits per heavy atom. The summed E-state index contributed by atoms with van der Waals surface area (Å²) in [5.74, 6) is 2.96. The number of hydrogen-bond donors (Lipinski definition) is 0. The predicted octanol–water partition coefficient (Wildman–Crippen LogP) is 11.3.